The molecule has 0 unspecified atom stereocenters. The minimum Gasteiger partial charge on any atom is -0.487 e. The SMILES string of the molecule is COCCOc1cc2ncnc(Oc3ccc(CC(=O)c4c5n(n(-c6cc(F)ccc6F)c4=O)CCCC5)cc3Cl)c2cc1OCCOC. The van der Waals surface area contributed by atoms with E-state index in [2.05, 4.69) is 9.97 Å². The van der Waals surface area contributed by atoms with Gasteiger partial charge in [0.15, 0.2) is 17.3 Å². The minimum absolute atomic E-state index is 0.0404. The first-order valence-electron chi connectivity index (χ1n) is 15.6. The minimum atomic E-state index is -0.766. The van der Waals surface area contributed by atoms with E-state index in [0.717, 1.165) is 35.7 Å². The second-order valence-electron chi connectivity index (χ2n) is 11.3. The molecular weight excluding hydrogens is 662 g/mol. The summed E-state index contributed by atoms with van der Waals surface area (Å²) in [7, 11) is 3.16. The summed E-state index contributed by atoms with van der Waals surface area (Å²) in [5.41, 5.74) is 0.601. The van der Waals surface area contributed by atoms with Crippen molar-refractivity contribution in [3.8, 4) is 28.8 Å². The summed E-state index contributed by atoms with van der Waals surface area (Å²) in [6, 6.07) is 11.2. The van der Waals surface area contributed by atoms with E-state index in [0.29, 0.717) is 66.4 Å². The molecule has 0 fully saturated rings. The number of Topliss-reactive ketones (excluding diaryl/α,β-unsaturated/α-hetero) is 1. The molecule has 0 amide bonds. The van der Waals surface area contributed by atoms with Crippen molar-refractivity contribution in [3.05, 3.63) is 98.7 Å². The fourth-order valence-corrected chi connectivity index (χ4v) is 5.97. The molecule has 3 aromatic carbocycles. The van der Waals surface area contributed by atoms with Gasteiger partial charge in [0.2, 0.25) is 5.88 Å². The van der Waals surface area contributed by atoms with Crippen molar-refractivity contribution in [2.24, 2.45) is 0 Å². The van der Waals surface area contributed by atoms with Crippen LogP contribution in [0.15, 0.2) is 59.7 Å². The Labute approximate surface area is 284 Å². The summed E-state index contributed by atoms with van der Waals surface area (Å²) >= 11 is 6.64. The Kier molecular flexibility index (Phi) is 10.5. The normalized spacial score (nSPS) is 12.6. The van der Waals surface area contributed by atoms with Gasteiger partial charge in [-0.25, -0.2) is 23.4 Å². The first-order valence-corrected chi connectivity index (χ1v) is 16.0. The molecule has 0 aliphatic carbocycles. The maximum Gasteiger partial charge on any atom is 0.282 e. The van der Waals surface area contributed by atoms with E-state index >= 15 is 0 Å². The molecule has 5 aromatic rings. The molecule has 0 spiro atoms. The van der Waals surface area contributed by atoms with Crippen LogP contribution >= 0.6 is 11.6 Å². The fraction of sp³-hybridized carbons (Fsp3) is 0.314. The molecule has 6 rings (SSSR count). The highest BCUT2D eigenvalue weighted by Gasteiger charge is 2.29. The number of carbonyl (C=O) groups excluding carboxylic acids is 1. The molecule has 3 heterocycles. The zero-order chi connectivity index (χ0) is 34.5. The van der Waals surface area contributed by atoms with Crippen molar-refractivity contribution in [3.63, 3.8) is 0 Å². The molecule has 0 radical (unpaired) electrons. The summed E-state index contributed by atoms with van der Waals surface area (Å²) in [4.78, 5) is 35.9. The van der Waals surface area contributed by atoms with Crippen LogP contribution in [0.5, 0.6) is 23.1 Å². The molecule has 0 saturated carbocycles. The summed E-state index contributed by atoms with van der Waals surface area (Å²) < 4.78 is 59.5. The number of hydrogen-bond acceptors (Lipinski definition) is 9. The number of nitrogens with zero attached hydrogens (tertiary/aromatic N) is 4. The Hall–Kier alpha value is -4.85. The van der Waals surface area contributed by atoms with Crippen molar-refractivity contribution in [2.45, 2.75) is 32.2 Å². The first kappa shape index (κ1) is 34.0. The number of halogens is 3. The highest BCUT2D eigenvalue weighted by Crippen LogP contribution is 2.38. The van der Waals surface area contributed by atoms with Gasteiger partial charge in [0, 0.05) is 39.3 Å². The molecule has 0 bridgehead atoms. The predicted octanol–water partition coefficient (Wildman–Crippen LogP) is 6.12. The highest BCUT2D eigenvalue weighted by molar-refractivity contribution is 6.32. The molecule has 49 heavy (non-hydrogen) atoms. The van der Waals surface area contributed by atoms with Crippen molar-refractivity contribution in [2.75, 3.05) is 40.6 Å². The van der Waals surface area contributed by atoms with Crippen LogP contribution in [-0.2, 0) is 28.9 Å². The van der Waals surface area contributed by atoms with Crippen LogP contribution in [-0.4, -0.2) is 65.8 Å². The molecule has 0 N–H and O–H groups in total. The van der Waals surface area contributed by atoms with Crippen molar-refractivity contribution < 1.29 is 37.3 Å². The maximum atomic E-state index is 14.8. The molecular formula is C35H33ClF2N4O7. The molecule has 11 nitrogen and oxygen atoms in total. The lowest BCUT2D eigenvalue weighted by Crippen LogP contribution is -2.25. The van der Waals surface area contributed by atoms with Gasteiger partial charge in [0.25, 0.3) is 5.56 Å². The third-order valence-corrected chi connectivity index (χ3v) is 8.31. The van der Waals surface area contributed by atoms with Gasteiger partial charge in [-0.2, -0.15) is 0 Å². The van der Waals surface area contributed by atoms with Crippen LogP contribution in [0.2, 0.25) is 5.02 Å². The van der Waals surface area contributed by atoms with Gasteiger partial charge in [-0.15, -0.1) is 0 Å². The Morgan fingerprint density at radius 2 is 1.65 bits per heavy atom. The molecule has 2 aromatic heterocycles. The van der Waals surface area contributed by atoms with Gasteiger partial charge in [0.1, 0.15) is 48.2 Å². The lowest BCUT2D eigenvalue weighted by molar-refractivity contribution is 0.0990. The van der Waals surface area contributed by atoms with E-state index in [-0.39, 0.29) is 40.9 Å². The number of methoxy groups -OCH3 is 2. The van der Waals surface area contributed by atoms with Crippen molar-refractivity contribution in [1.29, 1.82) is 0 Å². The quantitative estimate of drug-likeness (QED) is 0.100. The molecule has 256 valence electrons. The third kappa shape index (κ3) is 7.28. The van der Waals surface area contributed by atoms with Gasteiger partial charge in [0.05, 0.1) is 34.8 Å². The Balaban J connectivity index is 1.26. The average Bonchev–Trinajstić information content (AvgIpc) is 3.39. The molecule has 0 atom stereocenters. The topological polar surface area (TPSA) is 116 Å². The summed E-state index contributed by atoms with van der Waals surface area (Å²) in [6.07, 6.45) is 3.15. The lowest BCUT2D eigenvalue weighted by Gasteiger charge is -2.19. The zero-order valence-electron chi connectivity index (χ0n) is 26.8. The number of ketones is 1. The predicted molar refractivity (Wildman–Crippen MR) is 177 cm³/mol. The van der Waals surface area contributed by atoms with Crippen LogP contribution in [0.25, 0.3) is 16.6 Å². The monoisotopic (exact) mass is 694 g/mol. The van der Waals surface area contributed by atoms with E-state index in [1.54, 1.807) is 49.2 Å². The van der Waals surface area contributed by atoms with Crippen molar-refractivity contribution in [1.82, 2.24) is 19.3 Å². The van der Waals surface area contributed by atoms with E-state index in [1.807, 2.05) is 0 Å². The number of fused-ring (bicyclic) bond motifs is 2. The van der Waals surface area contributed by atoms with Gasteiger partial charge in [-0.05, 0) is 55.2 Å². The van der Waals surface area contributed by atoms with Gasteiger partial charge in [-0.3, -0.25) is 14.3 Å². The van der Waals surface area contributed by atoms with Crippen LogP contribution in [0.3, 0.4) is 0 Å². The van der Waals surface area contributed by atoms with E-state index in [1.165, 1.54) is 6.33 Å². The van der Waals surface area contributed by atoms with E-state index in [4.69, 9.17) is 35.3 Å². The lowest BCUT2D eigenvalue weighted by atomic mass is 9.99. The summed E-state index contributed by atoms with van der Waals surface area (Å²) in [5.74, 6) is -0.532. The van der Waals surface area contributed by atoms with E-state index in [9.17, 15) is 18.4 Å². The Bertz CT molecular complexity index is 2070. The van der Waals surface area contributed by atoms with Crippen LogP contribution in [0.4, 0.5) is 8.78 Å². The van der Waals surface area contributed by atoms with E-state index < -0.39 is 23.0 Å². The molecule has 1 aliphatic rings. The largest absolute Gasteiger partial charge is 0.487 e. The van der Waals surface area contributed by atoms with Crippen LogP contribution < -0.4 is 19.8 Å². The smallest absolute Gasteiger partial charge is 0.282 e. The third-order valence-electron chi connectivity index (χ3n) is 8.02. The molecule has 14 heteroatoms. The van der Waals surface area contributed by atoms with Crippen LogP contribution in [0, 0.1) is 11.6 Å². The van der Waals surface area contributed by atoms with Crippen LogP contribution in [0.1, 0.15) is 34.5 Å². The maximum absolute atomic E-state index is 14.8. The highest BCUT2D eigenvalue weighted by atomic mass is 35.5. The second-order valence-corrected chi connectivity index (χ2v) is 11.7. The number of carbonyl (C=O) groups is 1. The second kappa shape index (κ2) is 15.1. The number of ether oxygens (including phenoxy) is 5. The number of hydrogen-bond donors (Lipinski definition) is 0. The Morgan fingerprint density at radius 3 is 2.39 bits per heavy atom. The van der Waals surface area contributed by atoms with Gasteiger partial charge >= 0.3 is 0 Å². The zero-order valence-corrected chi connectivity index (χ0v) is 27.6. The standard InChI is InChI=1S/C35H33ClF2N4O7/c1-45-11-13-47-31-18-23-26(19-32(31)48-14-12-46-2)39-20-40-34(23)49-30-9-6-21(15-24(30)36)16-29(43)33-27-5-3-4-10-41(27)42(35(33)44)28-17-22(37)7-8-25(28)38/h6-9,15,17-20H,3-5,10-14,16H2,1-2H3. The Morgan fingerprint density at radius 1 is 0.898 bits per heavy atom. The first-order chi connectivity index (χ1) is 23.8. The summed E-state index contributed by atoms with van der Waals surface area (Å²) in [6.45, 7) is 1.72. The number of aromatic nitrogens is 4. The number of benzene rings is 3. The average molecular weight is 695 g/mol. The summed E-state index contributed by atoms with van der Waals surface area (Å²) in [5, 5.41) is 0.736. The van der Waals surface area contributed by atoms with Gasteiger partial charge < -0.3 is 23.7 Å². The molecule has 0 saturated heterocycles. The van der Waals surface area contributed by atoms with Crippen molar-refractivity contribution >= 4 is 28.3 Å². The van der Waals surface area contributed by atoms with Gasteiger partial charge in [-0.1, -0.05) is 17.7 Å². The number of rotatable bonds is 14. The fourth-order valence-electron chi connectivity index (χ4n) is 5.73. The molecule has 1 aliphatic heterocycles.